The van der Waals surface area contributed by atoms with E-state index in [0.29, 0.717) is 12.1 Å². The second-order valence-corrected chi connectivity index (χ2v) is 2.90. The van der Waals surface area contributed by atoms with Crippen molar-refractivity contribution in [2.75, 3.05) is 0 Å². The SMILES string of the molecule is NC(=O)c1cccc2c1C=C[N]C2. The van der Waals surface area contributed by atoms with Crippen molar-refractivity contribution in [1.29, 1.82) is 0 Å². The van der Waals surface area contributed by atoms with E-state index in [-0.39, 0.29) is 5.91 Å². The zero-order valence-corrected chi connectivity index (χ0v) is 7.03. The van der Waals surface area contributed by atoms with Crippen molar-refractivity contribution in [2.24, 2.45) is 5.73 Å². The fourth-order valence-electron chi connectivity index (χ4n) is 1.44. The largest absolute Gasteiger partial charge is 0.366 e. The topological polar surface area (TPSA) is 57.2 Å². The number of carbonyl (C=O) groups excluding carboxylic acids is 1. The van der Waals surface area contributed by atoms with Crippen LogP contribution in [0.15, 0.2) is 24.4 Å². The van der Waals surface area contributed by atoms with Crippen LogP contribution in [-0.2, 0) is 6.54 Å². The molecule has 0 bridgehead atoms. The van der Waals surface area contributed by atoms with Crippen molar-refractivity contribution in [3.8, 4) is 0 Å². The molecule has 3 heteroatoms. The Kier molecular flexibility index (Phi) is 1.77. The third kappa shape index (κ3) is 1.28. The van der Waals surface area contributed by atoms with Gasteiger partial charge in [0.2, 0.25) is 5.91 Å². The van der Waals surface area contributed by atoms with Crippen LogP contribution in [0.4, 0.5) is 0 Å². The molecule has 0 spiro atoms. The lowest BCUT2D eigenvalue weighted by atomic mass is 9.99. The number of nitrogens with zero attached hydrogens (tertiary/aromatic N) is 1. The second kappa shape index (κ2) is 2.94. The molecule has 0 saturated carbocycles. The Morgan fingerprint density at radius 1 is 1.46 bits per heavy atom. The average Bonchev–Trinajstić information content (AvgIpc) is 2.17. The number of nitrogens with two attached hydrogens (primary N) is 1. The van der Waals surface area contributed by atoms with Crippen LogP contribution in [0.3, 0.4) is 0 Å². The summed E-state index contributed by atoms with van der Waals surface area (Å²) in [6, 6.07) is 5.51. The van der Waals surface area contributed by atoms with Gasteiger partial charge in [-0.25, -0.2) is 0 Å². The van der Waals surface area contributed by atoms with Gasteiger partial charge in [-0.1, -0.05) is 12.1 Å². The summed E-state index contributed by atoms with van der Waals surface area (Å²) in [7, 11) is 0. The molecule has 0 saturated heterocycles. The van der Waals surface area contributed by atoms with Crippen LogP contribution in [0.5, 0.6) is 0 Å². The summed E-state index contributed by atoms with van der Waals surface area (Å²) in [4.78, 5) is 11.0. The lowest BCUT2D eigenvalue weighted by molar-refractivity contribution is 0.1000. The van der Waals surface area contributed by atoms with Crippen LogP contribution in [0.1, 0.15) is 21.5 Å². The van der Waals surface area contributed by atoms with E-state index in [4.69, 9.17) is 5.73 Å². The van der Waals surface area contributed by atoms with E-state index >= 15 is 0 Å². The minimum absolute atomic E-state index is 0.386. The Morgan fingerprint density at radius 2 is 2.31 bits per heavy atom. The van der Waals surface area contributed by atoms with E-state index in [1.807, 2.05) is 18.2 Å². The lowest BCUT2D eigenvalue weighted by Crippen LogP contribution is -2.15. The van der Waals surface area contributed by atoms with E-state index in [2.05, 4.69) is 5.32 Å². The van der Waals surface area contributed by atoms with Crippen molar-refractivity contribution in [3.05, 3.63) is 41.1 Å². The molecule has 1 aliphatic rings. The van der Waals surface area contributed by atoms with E-state index < -0.39 is 0 Å². The summed E-state index contributed by atoms with van der Waals surface area (Å²) in [5.41, 5.74) is 7.77. The lowest BCUT2D eigenvalue weighted by Gasteiger charge is -2.12. The number of benzene rings is 1. The van der Waals surface area contributed by atoms with Crippen LogP contribution >= 0.6 is 0 Å². The van der Waals surface area contributed by atoms with Gasteiger partial charge in [0.25, 0.3) is 0 Å². The Bertz CT molecular complexity index is 383. The number of fused-ring (bicyclic) bond motifs is 1. The molecule has 1 radical (unpaired) electrons. The molecule has 1 aromatic rings. The molecule has 2 rings (SSSR count). The maximum Gasteiger partial charge on any atom is 0.249 e. The van der Waals surface area contributed by atoms with Gasteiger partial charge < -0.3 is 5.73 Å². The molecule has 65 valence electrons. The summed E-state index contributed by atoms with van der Waals surface area (Å²) in [5, 5.41) is 4.09. The Morgan fingerprint density at radius 3 is 3.08 bits per heavy atom. The van der Waals surface area contributed by atoms with Crippen molar-refractivity contribution in [2.45, 2.75) is 6.54 Å². The van der Waals surface area contributed by atoms with E-state index in [1.165, 1.54) is 0 Å². The first-order valence-corrected chi connectivity index (χ1v) is 4.04. The van der Waals surface area contributed by atoms with Crippen LogP contribution in [0.2, 0.25) is 0 Å². The van der Waals surface area contributed by atoms with E-state index in [9.17, 15) is 4.79 Å². The molecular formula is C10H9N2O. The van der Waals surface area contributed by atoms with Gasteiger partial charge in [0, 0.05) is 11.8 Å². The first-order valence-electron chi connectivity index (χ1n) is 4.04. The van der Waals surface area contributed by atoms with Gasteiger partial charge in [-0.3, -0.25) is 10.1 Å². The summed E-state index contributed by atoms with van der Waals surface area (Å²) < 4.78 is 0. The maximum absolute atomic E-state index is 11.0. The number of primary amides is 1. The van der Waals surface area contributed by atoms with Gasteiger partial charge >= 0.3 is 0 Å². The predicted octanol–water partition coefficient (Wildman–Crippen LogP) is 0.874. The van der Waals surface area contributed by atoms with Crippen LogP contribution in [-0.4, -0.2) is 5.91 Å². The van der Waals surface area contributed by atoms with Crippen molar-refractivity contribution >= 4 is 12.0 Å². The van der Waals surface area contributed by atoms with E-state index in [0.717, 1.165) is 11.1 Å². The standard InChI is InChI=1S/C10H9N2O/c11-10(13)9-3-1-2-7-6-12-5-4-8(7)9/h1-5H,6H2,(H2,11,13). The van der Waals surface area contributed by atoms with Gasteiger partial charge in [0.15, 0.2) is 0 Å². The number of hydrogen-bond acceptors (Lipinski definition) is 1. The highest BCUT2D eigenvalue weighted by molar-refractivity contribution is 5.97. The smallest absolute Gasteiger partial charge is 0.249 e. The van der Waals surface area contributed by atoms with Crippen LogP contribution in [0, 0.1) is 0 Å². The van der Waals surface area contributed by atoms with Crippen molar-refractivity contribution in [3.63, 3.8) is 0 Å². The number of carbonyl (C=O) groups is 1. The Labute approximate surface area is 76.2 Å². The van der Waals surface area contributed by atoms with Crippen molar-refractivity contribution in [1.82, 2.24) is 5.32 Å². The van der Waals surface area contributed by atoms with Gasteiger partial charge in [-0.15, -0.1) is 0 Å². The normalized spacial score (nSPS) is 13.2. The predicted molar refractivity (Wildman–Crippen MR) is 49.8 cm³/mol. The quantitative estimate of drug-likeness (QED) is 0.673. The summed E-state index contributed by atoms with van der Waals surface area (Å²) in [6.45, 7) is 0.632. The minimum Gasteiger partial charge on any atom is -0.366 e. The summed E-state index contributed by atoms with van der Waals surface area (Å²) >= 11 is 0. The van der Waals surface area contributed by atoms with Gasteiger partial charge in [0.1, 0.15) is 0 Å². The first kappa shape index (κ1) is 7.86. The van der Waals surface area contributed by atoms with Gasteiger partial charge in [0.05, 0.1) is 6.54 Å². The molecule has 1 amide bonds. The molecule has 0 aromatic heterocycles. The fraction of sp³-hybridized carbons (Fsp3) is 0.100. The highest BCUT2D eigenvalue weighted by Crippen LogP contribution is 2.19. The molecule has 0 aliphatic carbocycles. The van der Waals surface area contributed by atoms with E-state index in [1.54, 1.807) is 12.3 Å². The van der Waals surface area contributed by atoms with Crippen LogP contribution in [0.25, 0.3) is 6.08 Å². The highest BCUT2D eigenvalue weighted by Gasteiger charge is 2.11. The molecule has 13 heavy (non-hydrogen) atoms. The fourth-order valence-corrected chi connectivity index (χ4v) is 1.44. The Hall–Kier alpha value is -1.77. The summed E-state index contributed by atoms with van der Waals surface area (Å²) in [6.07, 6.45) is 3.52. The van der Waals surface area contributed by atoms with Crippen LogP contribution < -0.4 is 11.1 Å². The summed E-state index contributed by atoms with van der Waals surface area (Å²) in [5.74, 6) is -0.386. The molecule has 1 aromatic carbocycles. The monoisotopic (exact) mass is 173 g/mol. The zero-order chi connectivity index (χ0) is 9.26. The number of rotatable bonds is 1. The second-order valence-electron chi connectivity index (χ2n) is 2.90. The average molecular weight is 173 g/mol. The third-order valence-electron chi connectivity index (χ3n) is 2.07. The molecule has 0 unspecified atom stereocenters. The maximum atomic E-state index is 11.0. The Balaban J connectivity index is 2.60. The first-order chi connectivity index (χ1) is 6.29. The highest BCUT2D eigenvalue weighted by atomic mass is 16.1. The van der Waals surface area contributed by atoms with Gasteiger partial charge in [-0.05, 0) is 23.3 Å². The number of hydrogen-bond donors (Lipinski definition) is 1. The molecule has 0 atom stereocenters. The van der Waals surface area contributed by atoms with Crippen molar-refractivity contribution < 1.29 is 4.79 Å². The molecular weight excluding hydrogens is 164 g/mol. The molecule has 2 N–H and O–H groups in total. The third-order valence-corrected chi connectivity index (χ3v) is 2.07. The number of amides is 1. The molecule has 0 fully saturated rings. The molecule has 1 heterocycles. The molecule has 3 nitrogen and oxygen atoms in total. The molecule has 1 aliphatic heterocycles. The van der Waals surface area contributed by atoms with Gasteiger partial charge in [-0.2, -0.15) is 0 Å². The zero-order valence-electron chi connectivity index (χ0n) is 7.03. The minimum atomic E-state index is -0.386.